The highest BCUT2D eigenvalue weighted by atomic mass is 16.2. The van der Waals surface area contributed by atoms with Gasteiger partial charge in [-0.25, -0.2) is 0 Å². The predicted molar refractivity (Wildman–Crippen MR) is 93.4 cm³/mol. The molecule has 1 N–H and O–H groups in total. The Hall–Kier alpha value is -1.84. The van der Waals surface area contributed by atoms with Crippen LogP contribution in [0.2, 0.25) is 0 Å². The Bertz CT molecular complexity index is 556. The first-order chi connectivity index (χ1) is 11.1. The zero-order valence-corrected chi connectivity index (χ0v) is 14.5. The van der Waals surface area contributed by atoms with Crippen molar-refractivity contribution < 1.29 is 9.59 Å². The molecular weight excluding hydrogens is 288 g/mol. The summed E-state index contributed by atoms with van der Waals surface area (Å²) in [6, 6.07) is 7.96. The third-order valence-electron chi connectivity index (χ3n) is 4.73. The molecule has 4 nitrogen and oxygen atoms in total. The average molecular weight is 316 g/mol. The van der Waals surface area contributed by atoms with E-state index < -0.39 is 0 Å². The van der Waals surface area contributed by atoms with Gasteiger partial charge in [0.25, 0.3) is 0 Å². The van der Waals surface area contributed by atoms with Gasteiger partial charge in [0.1, 0.15) is 0 Å². The second-order valence-electron chi connectivity index (χ2n) is 6.48. The van der Waals surface area contributed by atoms with Gasteiger partial charge in [-0.05, 0) is 30.4 Å². The molecule has 2 rings (SSSR count). The maximum atomic E-state index is 12.6. The van der Waals surface area contributed by atoms with E-state index in [-0.39, 0.29) is 17.7 Å². The number of amides is 2. The molecule has 2 amide bonds. The summed E-state index contributed by atoms with van der Waals surface area (Å²) in [5, 5.41) is 3.05. The van der Waals surface area contributed by atoms with Gasteiger partial charge in [0.05, 0.1) is 5.92 Å². The first-order valence-corrected chi connectivity index (χ1v) is 8.74. The van der Waals surface area contributed by atoms with Gasteiger partial charge in [-0.15, -0.1) is 0 Å². The molecule has 0 radical (unpaired) electrons. The zero-order chi connectivity index (χ0) is 16.8. The smallest absolute Gasteiger partial charge is 0.229 e. The van der Waals surface area contributed by atoms with Crippen molar-refractivity contribution in [3.63, 3.8) is 0 Å². The van der Waals surface area contributed by atoms with E-state index in [2.05, 4.69) is 32.2 Å². The lowest BCUT2D eigenvalue weighted by atomic mass is 9.96. The van der Waals surface area contributed by atoms with Crippen LogP contribution < -0.4 is 5.32 Å². The normalized spacial score (nSPS) is 19.0. The van der Waals surface area contributed by atoms with E-state index in [9.17, 15) is 9.59 Å². The van der Waals surface area contributed by atoms with E-state index >= 15 is 0 Å². The molecule has 2 atom stereocenters. The second kappa shape index (κ2) is 8.14. The number of anilines is 1. The van der Waals surface area contributed by atoms with Crippen molar-refractivity contribution in [2.24, 2.45) is 5.92 Å². The third-order valence-corrected chi connectivity index (χ3v) is 4.73. The maximum absolute atomic E-state index is 12.6. The molecule has 0 aliphatic carbocycles. The Morgan fingerprint density at radius 3 is 2.78 bits per heavy atom. The topological polar surface area (TPSA) is 49.4 Å². The van der Waals surface area contributed by atoms with E-state index in [1.807, 2.05) is 23.1 Å². The van der Waals surface area contributed by atoms with Crippen LogP contribution in [0.15, 0.2) is 24.3 Å². The van der Waals surface area contributed by atoms with Crippen molar-refractivity contribution in [2.45, 2.75) is 52.4 Å². The largest absolute Gasteiger partial charge is 0.342 e. The van der Waals surface area contributed by atoms with Crippen LogP contribution in [-0.2, 0) is 9.59 Å². The molecule has 1 aliphatic heterocycles. The number of nitrogens with one attached hydrogen (secondary N) is 1. The molecule has 1 aromatic rings. The Balaban J connectivity index is 2.02. The van der Waals surface area contributed by atoms with Crippen molar-refractivity contribution in [3.05, 3.63) is 29.8 Å². The summed E-state index contributed by atoms with van der Waals surface area (Å²) in [6.45, 7) is 7.73. The Labute approximate surface area is 139 Å². The highest BCUT2D eigenvalue weighted by Gasteiger charge is 2.34. The minimum atomic E-state index is -0.232. The lowest BCUT2D eigenvalue weighted by Crippen LogP contribution is -2.29. The molecule has 1 aromatic carbocycles. The van der Waals surface area contributed by atoms with Crippen LogP contribution in [0.3, 0.4) is 0 Å². The van der Waals surface area contributed by atoms with Crippen LogP contribution in [0.4, 0.5) is 5.69 Å². The first kappa shape index (κ1) is 17.5. The van der Waals surface area contributed by atoms with Crippen LogP contribution in [0, 0.1) is 5.92 Å². The summed E-state index contributed by atoms with van der Waals surface area (Å²) >= 11 is 0. The maximum Gasteiger partial charge on any atom is 0.229 e. The van der Waals surface area contributed by atoms with Gasteiger partial charge in [0.2, 0.25) is 11.8 Å². The number of hydrogen-bond donors (Lipinski definition) is 1. The van der Waals surface area contributed by atoms with Crippen LogP contribution >= 0.6 is 0 Å². The molecule has 1 aliphatic rings. The standard InChI is InChI=1S/C19H28N2O2/c1-4-6-11-21-13-15(12-18(21)22)19(23)20-17-10-8-7-9-16(17)14(3)5-2/h7-10,14-15H,4-6,11-13H2,1-3H3,(H,20,23). The van der Waals surface area contributed by atoms with Crippen molar-refractivity contribution in [2.75, 3.05) is 18.4 Å². The van der Waals surface area contributed by atoms with Crippen LogP contribution in [0.25, 0.3) is 0 Å². The lowest BCUT2D eigenvalue weighted by molar-refractivity contribution is -0.128. The number of carbonyl (C=O) groups is 2. The van der Waals surface area contributed by atoms with Crippen molar-refractivity contribution in [3.8, 4) is 0 Å². The molecular formula is C19H28N2O2. The van der Waals surface area contributed by atoms with Gasteiger partial charge in [-0.2, -0.15) is 0 Å². The quantitative estimate of drug-likeness (QED) is 0.832. The fourth-order valence-corrected chi connectivity index (χ4v) is 3.01. The SMILES string of the molecule is CCCCN1CC(C(=O)Nc2ccccc2C(C)CC)CC1=O. The lowest BCUT2D eigenvalue weighted by Gasteiger charge is -2.18. The fourth-order valence-electron chi connectivity index (χ4n) is 3.01. The summed E-state index contributed by atoms with van der Waals surface area (Å²) in [5.41, 5.74) is 2.04. The van der Waals surface area contributed by atoms with Gasteiger partial charge in [0, 0.05) is 25.2 Å². The molecule has 126 valence electrons. The molecule has 1 heterocycles. The highest BCUT2D eigenvalue weighted by molar-refractivity contribution is 5.97. The molecule has 0 spiro atoms. The molecule has 0 bridgehead atoms. The Morgan fingerprint density at radius 2 is 2.09 bits per heavy atom. The minimum absolute atomic E-state index is 0.0342. The highest BCUT2D eigenvalue weighted by Crippen LogP contribution is 2.28. The van der Waals surface area contributed by atoms with Crippen molar-refractivity contribution in [1.82, 2.24) is 4.90 Å². The number of unbranched alkanes of at least 4 members (excludes halogenated alkanes) is 1. The molecule has 0 saturated carbocycles. The molecule has 0 aromatic heterocycles. The second-order valence-corrected chi connectivity index (χ2v) is 6.48. The molecule has 4 heteroatoms. The number of benzene rings is 1. The van der Waals surface area contributed by atoms with E-state index in [0.29, 0.717) is 18.9 Å². The van der Waals surface area contributed by atoms with E-state index in [0.717, 1.165) is 37.1 Å². The number of hydrogen-bond acceptors (Lipinski definition) is 2. The summed E-state index contributed by atoms with van der Waals surface area (Å²) in [5.74, 6) is 0.240. The number of carbonyl (C=O) groups excluding carboxylic acids is 2. The summed E-state index contributed by atoms with van der Waals surface area (Å²) in [7, 11) is 0. The van der Waals surface area contributed by atoms with Crippen LogP contribution in [0.5, 0.6) is 0 Å². The number of likely N-dealkylation sites (tertiary alicyclic amines) is 1. The Morgan fingerprint density at radius 1 is 1.35 bits per heavy atom. The predicted octanol–water partition coefficient (Wildman–Crippen LogP) is 3.79. The summed E-state index contributed by atoms with van der Waals surface area (Å²) in [4.78, 5) is 26.4. The fraction of sp³-hybridized carbons (Fsp3) is 0.579. The summed E-state index contributed by atoms with van der Waals surface area (Å²) in [6.07, 6.45) is 3.42. The van der Waals surface area contributed by atoms with E-state index in [4.69, 9.17) is 0 Å². The van der Waals surface area contributed by atoms with Crippen molar-refractivity contribution in [1.29, 1.82) is 0 Å². The average Bonchev–Trinajstić information content (AvgIpc) is 2.93. The van der Waals surface area contributed by atoms with E-state index in [1.165, 1.54) is 0 Å². The van der Waals surface area contributed by atoms with Gasteiger partial charge in [0.15, 0.2) is 0 Å². The first-order valence-electron chi connectivity index (χ1n) is 8.74. The summed E-state index contributed by atoms with van der Waals surface area (Å²) < 4.78 is 0. The van der Waals surface area contributed by atoms with E-state index in [1.54, 1.807) is 0 Å². The van der Waals surface area contributed by atoms with Crippen LogP contribution in [-0.4, -0.2) is 29.8 Å². The zero-order valence-electron chi connectivity index (χ0n) is 14.5. The minimum Gasteiger partial charge on any atom is -0.342 e. The van der Waals surface area contributed by atoms with Gasteiger partial charge >= 0.3 is 0 Å². The molecule has 2 unspecified atom stereocenters. The third kappa shape index (κ3) is 4.34. The monoisotopic (exact) mass is 316 g/mol. The molecule has 1 fully saturated rings. The van der Waals surface area contributed by atoms with Gasteiger partial charge < -0.3 is 10.2 Å². The van der Waals surface area contributed by atoms with Gasteiger partial charge in [-0.1, -0.05) is 45.4 Å². The number of nitrogens with zero attached hydrogens (tertiary/aromatic N) is 1. The molecule has 23 heavy (non-hydrogen) atoms. The Kier molecular flexibility index (Phi) is 6.20. The van der Waals surface area contributed by atoms with Gasteiger partial charge in [-0.3, -0.25) is 9.59 Å². The van der Waals surface area contributed by atoms with Crippen molar-refractivity contribution >= 4 is 17.5 Å². The number of para-hydroxylation sites is 1. The number of rotatable bonds is 7. The van der Waals surface area contributed by atoms with Crippen LogP contribution in [0.1, 0.15) is 57.9 Å². The molecule has 1 saturated heterocycles.